The molecule has 1 rings (SSSR count). The van der Waals surface area contributed by atoms with Crippen LogP contribution in [0.4, 0.5) is 5.69 Å². The summed E-state index contributed by atoms with van der Waals surface area (Å²) in [6.45, 7) is 5.49. The fourth-order valence-corrected chi connectivity index (χ4v) is 2.14. The molecule has 0 aliphatic heterocycles. The summed E-state index contributed by atoms with van der Waals surface area (Å²) in [5.41, 5.74) is 6.15. The van der Waals surface area contributed by atoms with Crippen molar-refractivity contribution in [2.24, 2.45) is 5.73 Å². The van der Waals surface area contributed by atoms with Gasteiger partial charge in [0.25, 0.3) is 5.91 Å². The Balaban J connectivity index is 2.74. The second-order valence-corrected chi connectivity index (χ2v) is 4.88. The third kappa shape index (κ3) is 4.71. The minimum Gasteiger partial charge on any atom is -0.464 e. The summed E-state index contributed by atoms with van der Waals surface area (Å²) >= 11 is 1.53. The van der Waals surface area contributed by atoms with Crippen LogP contribution in [0.15, 0.2) is 41.8 Å². The lowest BCUT2D eigenvalue weighted by Crippen LogP contribution is -2.43. The Morgan fingerprint density at radius 1 is 1.50 bits per heavy atom. The van der Waals surface area contributed by atoms with Gasteiger partial charge in [-0.25, -0.2) is 4.79 Å². The summed E-state index contributed by atoms with van der Waals surface area (Å²) in [6, 6.07) is 5.96. The van der Waals surface area contributed by atoms with Crippen molar-refractivity contribution in [2.45, 2.75) is 17.9 Å². The highest BCUT2D eigenvalue weighted by Gasteiger charge is 2.23. The van der Waals surface area contributed by atoms with E-state index in [4.69, 9.17) is 10.5 Å². The van der Waals surface area contributed by atoms with Gasteiger partial charge >= 0.3 is 5.97 Å². The van der Waals surface area contributed by atoms with E-state index in [0.29, 0.717) is 5.69 Å². The molecule has 1 aromatic carbocycles. The van der Waals surface area contributed by atoms with Crippen molar-refractivity contribution in [1.82, 2.24) is 0 Å². The van der Waals surface area contributed by atoms with E-state index in [9.17, 15) is 9.59 Å². The van der Waals surface area contributed by atoms with Gasteiger partial charge < -0.3 is 15.8 Å². The molecule has 0 aliphatic carbocycles. The SMILES string of the molecule is C=CCSc1ccccc1NC(=O)C(N)C(=O)OCC. The van der Waals surface area contributed by atoms with Gasteiger partial charge in [0.1, 0.15) is 0 Å². The van der Waals surface area contributed by atoms with Gasteiger partial charge in [0, 0.05) is 10.6 Å². The third-order valence-corrected chi connectivity index (χ3v) is 3.39. The van der Waals surface area contributed by atoms with E-state index < -0.39 is 17.9 Å². The number of anilines is 1. The summed E-state index contributed by atoms with van der Waals surface area (Å²) in [6.07, 6.45) is 1.77. The quantitative estimate of drug-likeness (QED) is 0.347. The number of carbonyl (C=O) groups excluding carboxylic acids is 2. The largest absolute Gasteiger partial charge is 0.464 e. The molecule has 0 saturated carbocycles. The number of para-hydroxylation sites is 1. The number of benzene rings is 1. The number of amides is 1. The molecule has 1 aromatic rings. The summed E-state index contributed by atoms with van der Waals surface area (Å²) in [7, 11) is 0. The first kappa shape index (κ1) is 16.3. The van der Waals surface area contributed by atoms with Crippen molar-refractivity contribution in [3.8, 4) is 0 Å². The highest BCUT2D eigenvalue weighted by molar-refractivity contribution is 7.99. The van der Waals surface area contributed by atoms with Crippen LogP contribution in [-0.4, -0.2) is 30.3 Å². The fourth-order valence-electron chi connectivity index (χ4n) is 1.39. The van der Waals surface area contributed by atoms with Crippen LogP contribution in [-0.2, 0) is 14.3 Å². The summed E-state index contributed by atoms with van der Waals surface area (Å²) < 4.78 is 4.71. The van der Waals surface area contributed by atoms with Gasteiger partial charge in [-0.2, -0.15) is 0 Å². The molecular weight excluding hydrogens is 276 g/mol. The molecule has 6 heteroatoms. The second kappa shape index (κ2) is 8.39. The van der Waals surface area contributed by atoms with Crippen molar-refractivity contribution in [3.05, 3.63) is 36.9 Å². The van der Waals surface area contributed by atoms with Crippen LogP contribution in [0.5, 0.6) is 0 Å². The van der Waals surface area contributed by atoms with Crippen LogP contribution in [0.25, 0.3) is 0 Å². The second-order valence-electron chi connectivity index (χ2n) is 3.81. The van der Waals surface area contributed by atoms with Crippen LogP contribution >= 0.6 is 11.8 Å². The standard InChI is InChI=1S/C14H18N2O3S/c1-3-9-20-11-8-6-5-7-10(11)16-13(17)12(15)14(18)19-4-2/h3,5-8,12H,1,4,9,15H2,2H3,(H,16,17). The van der Waals surface area contributed by atoms with Crippen LogP contribution < -0.4 is 11.1 Å². The number of hydrogen-bond acceptors (Lipinski definition) is 5. The van der Waals surface area contributed by atoms with Crippen LogP contribution in [0.1, 0.15) is 6.92 Å². The van der Waals surface area contributed by atoms with Crippen LogP contribution in [0, 0.1) is 0 Å². The van der Waals surface area contributed by atoms with Crippen LogP contribution in [0.2, 0.25) is 0 Å². The lowest BCUT2D eigenvalue weighted by molar-refractivity contribution is -0.146. The van der Waals surface area contributed by atoms with Gasteiger partial charge in [-0.1, -0.05) is 18.2 Å². The molecule has 3 N–H and O–H groups in total. The number of ether oxygens (including phenoxy) is 1. The lowest BCUT2D eigenvalue weighted by Gasteiger charge is -2.13. The lowest BCUT2D eigenvalue weighted by atomic mass is 10.2. The molecule has 1 atom stereocenters. The van der Waals surface area contributed by atoms with E-state index in [1.165, 1.54) is 11.8 Å². The van der Waals surface area contributed by atoms with Gasteiger partial charge in [0.2, 0.25) is 0 Å². The number of rotatable bonds is 7. The van der Waals surface area contributed by atoms with Gasteiger partial charge in [0.15, 0.2) is 6.04 Å². The van der Waals surface area contributed by atoms with Crippen LogP contribution in [0.3, 0.4) is 0 Å². The average Bonchev–Trinajstić information content (AvgIpc) is 2.45. The number of nitrogens with two attached hydrogens (primary N) is 1. The van der Waals surface area contributed by atoms with E-state index >= 15 is 0 Å². The zero-order valence-corrected chi connectivity index (χ0v) is 12.1. The minimum atomic E-state index is -1.33. The van der Waals surface area contributed by atoms with Gasteiger partial charge in [-0.05, 0) is 19.1 Å². The normalized spacial score (nSPS) is 11.5. The third-order valence-electron chi connectivity index (χ3n) is 2.32. The maximum atomic E-state index is 11.9. The summed E-state index contributed by atoms with van der Waals surface area (Å²) in [5, 5.41) is 2.64. The maximum Gasteiger partial charge on any atom is 0.332 e. The smallest absolute Gasteiger partial charge is 0.332 e. The van der Waals surface area contributed by atoms with E-state index in [2.05, 4.69) is 11.9 Å². The minimum absolute atomic E-state index is 0.186. The molecule has 108 valence electrons. The monoisotopic (exact) mass is 294 g/mol. The van der Waals surface area contributed by atoms with E-state index in [1.807, 2.05) is 12.1 Å². The topological polar surface area (TPSA) is 81.4 Å². The maximum absolute atomic E-state index is 11.9. The number of nitrogens with one attached hydrogen (secondary N) is 1. The van der Waals surface area contributed by atoms with Gasteiger partial charge in [-0.3, -0.25) is 4.79 Å². The molecular formula is C14H18N2O3S. The average molecular weight is 294 g/mol. The Morgan fingerprint density at radius 2 is 2.20 bits per heavy atom. The molecule has 1 amide bonds. The van der Waals surface area contributed by atoms with Crippen molar-refractivity contribution >= 4 is 29.3 Å². The van der Waals surface area contributed by atoms with E-state index in [0.717, 1.165) is 10.6 Å². The Morgan fingerprint density at radius 3 is 2.85 bits per heavy atom. The fraction of sp³-hybridized carbons (Fsp3) is 0.286. The first-order valence-corrected chi connectivity index (χ1v) is 7.14. The van der Waals surface area contributed by atoms with Crippen molar-refractivity contribution < 1.29 is 14.3 Å². The highest BCUT2D eigenvalue weighted by Crippen LogP contribution is 2.26. The highest BCUT2D eigenvalue weighted by atomic mass is 32.2. The first-order chi connectivity index (χ1) is 9.60. The number of thioether (sulfide) groups is 1. The number of esters is 1. The number of hydrogen-bond donors (Lipinski definition) is 2. The van der Waals surface area contributed by atoms with Gasteiger partial charge in [0.05, 0.1) is 12.3 Å². The molecule has 20 heavy (non-hydrogen) atoms. The number of carbonyl (C=O) groups is 2. The molecule has 5 nitrogen and oxygen atoms in total. The summed E-state index contributed by atoms with van der Waals surface area (Å²) in [5.74, 6) is -0.604. The molecule has 0 aromatic heterocycles. The van der Waals surface area contributed by atoms with Gasteiger partial charge in [-0.15, -0.1) is 18.3 Å². The molecule has 0 fully saturated rings. The van der Waals surface area contributed by atoms with E-state index in [1.54, 1.807) is 25.1 Å². The van der Waals surface area contributed by atoms with Crippen molar-refractivity contribution in [1.29, 1.82) is 0 Å². The molecule has 0 bridgehead atoms. The van der Waals surface area contributed by atoms with E-state index in [-0.39, 0.29) is 6.61 Å². The zero-order valence-electron chi connectivity index (χ0n) is 11.3. The first-order valence-electron chi connectivity index (χ1n) is 6.16. The predicted molar refractivity (Wildman–Crippen MR) is 80.6 cm³/mol. The van der Waals surface area contributed by atoms with Crippen molar-refractivity contribution in [3.63, 3.8) is 0 Å². The molecule has 0 spiro atoms. The molecule has 0 heterocycles. The van der Waals surface area contributed by atoms with Crippen molar-refractivity contribution in [2.75, 3.05) is 17.7 Å². The molecule has 0 aliphatic rings. The zero-order chi connectivity index (χ0) is 15.0. The Bertz CT molecular complexity index is 491. The Kier molecular flexibility index (Phi) is 6.83. The Labute approximate surface area is 122 Å². The Hall–Kier alpha value is -1.79. The molecule has 0 radical (unpaired) electrons. The molecule has 1 unspecified atom stereocenters. The predicted octanol–water partition coefficient (Wildman–Crippen LogP) is 1.79. The summed E-state index contributed by atoms with van der Waals surface area (Å²) in [4.78, 5) is 24.2. The molecule has 0 saturated heterocycles.